The molecule has 0 radical (unpaired) electrons. The zero-order chi connectivity index (χ0) is 18.8. The molecule has 4 atom stereocenters. The van der Waals surface area contributed by atoms with Crippen LogP contribution < -0.4 is 16.0 Å². The molecule has 1 spiro atoms. The number of para-hydroxylation sites is 1. The highest BCUT2D eigenvalue weighted by molar-refractivity contribution is 6.35. The molecule has 3 aliphatic heterocycles. The highest BCUT2D eigenvalue weighted by atomic mass is 35.5. The van der Waals surface area contributed by atoms with Crippen LogP contribution in [0.5, 0.6) is 0 Å². The second-order valence-corrected chi connectivity index (χ2v) is 7.77. The maximum Gasteiger partial charge on any atom is 0.291 e. The van der Waals surface area contributed by atoms with Crippen LogP contribution in [0.15, 0.2) is 48.5 Å². The fourth-order valence-electron chi connectivity index (χ4n) is 4.96. The summed E-state index contributed by atoms with van der Waals surface area (Å²) in [7, 11) is 0. The summed E-state index contributed by atoms with van der Waals surface area (Å²) in [5, 5.41) is 7.61. The van der Waals surface area contributed by atoms with E-state index in [0.717, 1.165) is 5.56 Å². The molecule has 2 aromatic rings. The van der Waals surface area contributed by atoms with Crippen molar-refractivity contribution >= 4 is 35.0 Å². The number of carbonyl (C=O) groups excluding carboxylic acids is 3. The predicted molar refractivity (Wildman–Crippen MR) is 97.7 cm³/mol. The molecule has 3 heterocycles. The lowest BCUT2D eigenvalue weighted by Gasteiger charge is -2.24. The third kappa shape index (κ3) is 2.14. The normalized spacial score (nSPS) is 31.0. The van der Waals surface area contributed by atoms with Crippen LogP contribution in [0.2, 0.25) is 5.02 Å². The number of nitrogens with two attached hydrogens (primary N) is 1. The van der Waals surface area contributed by atoms with Crippen molar-refractivity contribution < 1.29 is 19.7 Å². The lowest BCUT2D eigenvalue weighted by Crippen LogP contribution is -2.99. The van der Waals surface area contributed by atoms with Crippen molar-refractivity contribution in [3.8, 4) is 0 Å². The van der Waals surface area contributed by atoms with Crippen molar-refractivity contribution in [1.29, 1.82) is 0 Å². The van der Waals surface area contributed by atoms with Crippen LogP contribution in [0.1, 0.15) is 11.1 Å². The largest absolute Gasteiger partial charge is 0.326 e. The lowest BCUT2D eigenvalue weighted by atomic mass is 9.76. The van der Waals surface area contributed by atoms with Gasteiger partial charge in [0.1, 0.15) is 17.9 Å². The maximum absolute atomic E-state index is 13.1. The quantitative estimate of drug-likeness (QED) is 0.663. The van der Waals surface area contributed by atoms with E-state index in [1.807, 2.05) is 41.7 Å². The van der Waals surface area contributed by atoms with E-state index in [4.69, 9.17) is 11.6 Å². The van der Waals surface area contributed by atoms with E-state index in [2.05, 4.69) is 10.6 Å². The second kappa shape index (κ2) is 5.65. The summed E-state index contributed by atoms with van der Waals surface area (Å²) < 4.78 is 0. The monoisotopic (exact) mass is 382 g/mol. The topological polar surface area (TPSA) is 91.9 Å². The number of benzene rings is 2. The summed E-state index contributed by atoms with van der Waals surface area (Å²) in [5.74, 6) is -2.30. The molecule has 2 aromatic carbocycles. The summed E-state index contributed by atoms with van der Waals surface area (Å²) >= 11 is 6.27. The molecular weight excluding hydrogens is 366 g/mol. The molecule has 6 nitrogen and oxygen atoms in total. The minimum Gasteiger partial charge on any atom is -0.326 e. The highest BCUT2D eigenvalue weighted by Crippen LogP contribution is 2.49. The van der Waals surface area contributed by atoms with Gasteiger partial charge in [0, 0.05) is 12.0 Å². The number of anilines is 1. The summed E-state index contributed by atoms with van der Waals surface area (Å²) in [6.45, 7) is 0. The second-order valence-electron chi connectivity index (χ2n) is 7.36. The zero-order valence-corrected chi connectivity index (χ0v) is 15.0. The SMILES string of the molecule is O=C1NC(=O)[C@H]2[C@H]1[C@@H](Cc1ccccc1)[NH2+][C@@]21C(=O)Nc2c(Cl)cccc21. The molecule has 0 aromatic heterocycles. The van der Waals surface area contributed by atoms with Crippen molar-refractivity contribution in [2.45, 2.75) is 18.0 Å². The highest BCUT2D eigenvalue weighted by Gasteiger charge is 2.72. The van der Waals surface area contributed by atoms with Crippen molar-refractivity contribution in [3.63, 3.8) is 0 Å². The predicted octanol–water partition coefficient (Wildman–Crippen LogP) is 0.564. The van der Waals surface area contributed by atoms with Gasteiger partial charge in [-0.15, -0.1) is 0 Å². The average Bonchev–Trinajstić information content (AvgIpc) is 3.24. The Morgan fingerprint density at radius 3 is 2.52 bits per heavy atom. The van der Waals surface area contributed by atoms with Gasteiger partial charge < -0.3 is 10.6 Å². The van der Waals surface area contributed by atoms with Gasteiger partial charge >= 0.3 is 0 Å². The van der Waals surface area contributed by atoms with Gasteiger partial charge in [-0.2, -0.15) is 0 Å². The lowest BCUT2D eigenvalue weighted by molar-refractivity contribution is -0.733. The zero-order valence-electron chi connectivity index (χ0n) is 14.2. The Kier molecular flexibility index (Phi) is 3.44. The molecule has 0 bridgehead atoms. The molecule has 4 N–H and O–H groups in total. The first-order chi connectivity index (χ1) is 13.0. The Morgan fingerprint density at radius 2 is 1.74 bits per heavy atom. The maximum atomic E-state index is 13.1. The molecule has 2 fully saturated rings. The van der Waals surface area contributed by atoms with Crippen LogP contribution in [0.4, 0.5) is 5.69 Å². The third-order valence-electron chi connectivity index (χ3n) is 6.01. The molecule has 136 valence electrons. The Morgan fingerprint density at radius 1 is 0.963 bits per heavy atom. The molecule has 3 amide bonds. The van der Waals surface area contributed by atoms with E-state index >= 15 is 0 Å². The molecule has 5 rings (SSSR count). The van der Waals surface area contributed by atoms with Crippen LogP contribution >= 0.6 is 11.6 Å². The van der Waals surface area contributed by atoms with Crippen LogP contribution in [0.3, 0.4) is 0 Å². The number of fused-ring (bicyclic) bond motifs is 4. The summed E-state index contributed by atoms with van der Waals surface area (Å²) in [6, 6.07) is 14.8. The third-order valence-corrected chi connectivity index (χ3v) is 6.32. The number of amides is 3. The summed E-state index contributed by atoms with van der Waals surface area (Å²) in [5.41, 5.74) is 1.11. The first kappa shape index (κ1) is 16.5. The first-order valence-electron chi connectivity index (χ1n) is 8.87. The number of quaternary nitrogens is 1. The number of hydrogen-bond donors (Lipinski definition) is 3. The standard InChI is InChI=1S/C20H16ClN3O3/c21-12-8-4-7-11-16(12)22-19(27)20(11)15-14(17(25)23-18(15)26)13(24-20)9-10-5-2-1-3-6-10/h1-8,13-15,24H,9H2,(H,22,27)(H,23,25,26)/p+1/t13-,14-,15-,20-/m1/s1. The van der Waals surface area contributed by atoms with Gasteiger partial charge in [0.15, 0.2) is 0 Å². The summed E-state index contributed by atoms with van der Waals surface area (Å²) in [4.78, 5) is 38.4. The molecule has 27 heavy (non-hydrogen) atoms. The van der Waals surface area contributed by atoms with Crippen molar-refractivity contribution in [2.24, 2.45) is 11.8 Å². The minimum absolute atomic E-state index is 0.223. The van der Waals surface area contributed by atoms with E-state index in [1.54, 1.807) is 12.1 Å². The average molecular weight is 383 g/mol. The smallest absolute Gasteiger partial charge is 0.291 e. The van der Waals surface area contributed by atoms with Crippen LogP contribution in [-0.4, -0.2) is 23.8 Å². The van der Waals surface area contributed by atoms with Crippen molar-refractivity contribution in [2.75, 3.05) is 5.32 Å². The molecule has 3 aliphatic rings. The molecule has 0 aliphatic carbocycles. The number of nitrogens with one attached hydrogen (secondary N) is 2. The first-order valence-corrected chi connectivity index (χ1v) is 9.25. The number of carbonyl (C=O) groups is 3. The summed E-state index contributed by atoms with van der Waals surface area (Å²) in [6.07, 6.45) is 0.591. The van der Waals surface area contributed by atoms with Gasteiger partial charge in [-0.3, -0.25) is 19.7 Å². The molecule has 0 saturated carbocycles. The minimum atomic E-state index is -1.17. The van der Waals surface area contributed by atoms with E-state index in [-0.39, 0.29) is 23.8 Å². The van der Waals surface area contributed by atoms with Crippen molar-refractivity contribution in [3.05, 3.63) is 64.7 Å². The van der Waals surface area contributed by atoms with E-state index in [0.29, 0.717) is 22.7 Å². The van der Waals surface area contributed by atoms with E-state index < -0.39 is 17.4 Å². The van der Waals surface area contributed by atoms with Gasteiger partial charge in [-0.1, -0.05) is 48.0 Å². The Balaban J connectivity index is 1.64. The molecule has 0 unspecified atom stereocenters. The van der Waals surface area contributed by atoms with Gasteiger partial charge in [0.25, 0.3) is 5.91 Å². The van der Waals surface area contributed by atoms with Crippen molar-refractivity contribution in [1.82, 2.24) is 5.32 Å². The van der Waals surface area contributed by atoms with E-state index in [1.165, 1.54) is 0 Å². The Bertz CT molecular complexity index is 993. The van der Waals surface area contributed by atoms with Gasteiger partial charge in [0.2, 0.25) is 17.4 Å². The molecular formula is C20H17ClN3O3+. The van der Waals surface area contributed by atoms with Gasteiger partial charge in [-0.05, 0) is 17.7 Å². The fraction of sp³-hybridized carbons (Fsp3) is 0.250. The number of halogens is 1. The Labute approximate surface area is 160 Å². The Hall–Kier alpha value is -2.70. The van der Waals surface area contributed by atoms with E-state index in [9.17, 15) is 14.4 Å². The number of hydrogen-bond acceptors (Lipinski definition) is 3. The van der Waals surface area contributed by atoms with Gasteiger partial charge in [-0.25, -0.2) is 0 Å². The van der Waals surface area contributed by atoms with Crippen LogP contribution in [0.25, 0.3) is 0 Å². The molecule has 2 saturated heterocycles. The fourth-order valence-corrected chi connectivity index (χ4v) is 5.18. The number of imide groups is 1. The number of rotatable bonds is 2. The van der Waals surface area contributed by atoms with Gasteiger partial charge in [0.05, 0.1) is 10.7 Å². The molecule has 7 heteroatoms. The van der Waals surface area contributed by atoms with Crippen LogP contribution in [-0.2, 0) is 26.3 Å². The van der Waals surface area contributed by atoms with Crippen LogP contribution in [0, 0.1) is 11.8 Å².